The molecule has 0 aromatic carbocycles. The summed E-state index contributed by atoms with van der Waals surface area (Å²) in [4.78, 5) is 13.8. The van der Waals surface area contributed by atoms with E-state index in [1.807, 2.05) is 23.1 Å². The molecule has 2 rings (SSSR count). The van der Waals surface area contributed by atoms with E-state index in [0.717, 1.165) is 5.57 Å². The molecule has 0 aromatic rings. The first kappa shape index (κ1) is 10.4. The maximum atomic E-state index is 12.0. The van der Waals surface area contributed by atoms with Crippen LogP contribution in [0.25, 0.3) is 0 Å². The topological polar surface area (TPSA) is 55.6 Å². The summed E-state index contributed by atoms with van der Waals surface area (Å²) >= 11 is 0. The molecule has 1 aliphatic heterocycles. The lowest BCUT2D eigenvalue weighted by Crippen LogP contribution is -2.42. The number of hydrogen-bond donors (Lipinski definition) is 1. The molecule has 1 fully saturated rings. The van der Waals surface area contributed by atoms with Gasteiger partial charge in [-0.05, 0) is 6.42 Å². The van der Waals surface area contributed by atoms with Gasteiger partial charge in [0.1, 0.15) is 0 Å². The molecule has 0 spiro atoms. The Morgan fingerprint density at radius 2 is 2.20 bits per heavy atom. The molecule has 4 nitrogen and oxygen atoms in total. The van der Waals surface area contributed by atoms with Gasteiger partial charge < -0.3 is 15.4 Å². The van der Waals surface area contributed by atoms with Crippen molar-refractivity contribution >= 4 is 5.91 Å². The molecule has 1 aliphatic carbocycles. The molecule has 82 valence electrons. The third-order valence-corrected chi connectivity index (χ3v) is 2.68. The second-order valence-corrected chi connectivity index (χ2v) is 3.85. The van der Waals surface area contributed by atoms with Crippen molar-refractivity contribution in [2.24, 2.45) is 5.73 Å². The fourth-order valence-corrected chi connectivity index (χ4v) is 1.83. The van der Waals surface area contributed by atoms with Crippen LogP contribution in [0.4, 0.5) is 0 Å². The fraction of sp³-hybridized carbons (Fsp3) is 0.545. The molecule has 2 aliphatic rings. The van der Waals surface area contributed by atoms with E-state index in [0.29, 0.717) is 32.7 Å². The number of allylic oxidation sites excluding steroid dienone is 2. The lowest BCUT2D eigenvalue weighted by Gasteiger charge is -2.28. The quantitative estimate of drug-likeness (QED) is 0.663. The van der Waals surface area contributed by atoms with E-state index in [9.17, 15) is 4.79 Å². The minimum Gasteiger partial charge on any atom is -0.378 e. The number of nitrogens with two attached hydrogens (primary N) is 1. The minimum absolute atomic E-state index is 0.0185. The molecule has 0 radical (unpaired) electrons. The number of morpholine rings is 1. The molecule has 1 saturated heterocycles. The highest BCUT2D eigenvalue weighted by atomic mass is 16.5. The first-order chi connectivity index (χ1) is 7.27. The molecule has 4 heteroatoms. The summed E-state index contributed by atoms with van der Waals surface area (Å²) < 4.78 is 5.21. The largest absolute Gasteiger partial charge is 0.378 e. The van der Waals surface area contributed by atoms with Gasteiger partial charge in [0.25, 0.3) is 0 Å². The first-order valence-corrected chi connectivity index (χ1v) is 5.27. The summed E-state index contributed by atoms with van der Waals surface area (Å²) in [5.74, 6) is 0.109. The smallest absolute Gasteiger partial charge is 0.250 e. The zero-order valence-electron chi connectivity index (χ0n) is 8.69. The van der Waals surface area contributed by atoms with Gasteiger partial charge in [0.05, 0.1) is 13.2 Å². The molecule has 15 heavy (non-hydrogen) atoms. The molecule has 1 atom stereocenters. The van der Waals surface area contributed by atoms with Gasteiger partial charge in [0.15, 0.2) is 0 Å². The molecule has 1 unspecified atom stereocenters. The predicted octanol–water partition coefficient (Wildman–Crippen LogP) is 0.0588. The third-order valence-electron chi connectivity index (χ3n) is 2.68. The third kappa shape index (κ3) is 2.46. The molecule has 1 heterocycles. The van der Waals surface area contributed by atoms with Gasteiger partial charge in [-0.25, -0.2) is 0 Å². The lowest BCUT2D eigenvalue weighted by atomic mass is 10.00. The highest BCUT2D eigenvalue weighted by Gasteiger charge is 2.22. The minimum atomic E-state index is -0.0185. The van der Waals surface area contributed by atoms with Crippen LogP contribution in [0.1, 0.15) is 6.42 Å². The average molecular weight is 208 g/mol. The van der Waals surface area contributed by atoms with Crippen LogP contribution < -0.4 is 5.73 Å². The number of amides is 1. The van der Waals surface area contributed by atoms with Gasteiger partial charge in [-0.2, -0.15) is 0 Å². The van der Waals surface area contributed by atoms with E-state index in [1.165, 1.54) is 0 Å². The molecule has 2 N–H and O–H groups in total. The van der Waals surface area contributed by atoms with E-state index in [1.54, 1.807) is 0 Å². The Bertz CT molecular complexity index is 304. The summed E-state index contributed by atoms with van der Waals surface area (Å²) in [6.45, 7) is 2.66. The van der Waals surface area contributed by atoms with E-state index in [-0.39, 0.29) is 11.9 Å². The van der Waals surface area contributed by atoms with Crippen molar-refractivity contribution in [3.63, 3.8) is 0 Å². The van der Waals surface area contributed by atoms with Gasteiger partial charge in [-0.15, -0.1) is 0 Å². The average Bonchev–Trinajstić information content (AvgIpc) is 2.29. The number of carbonyl (C=O) groups excluding carboxylic acids is 1. The maximum absolute atomic E-state index is 12.0. The van der Waals surface area contributed by atoms with E-state index < -0.39 is 0 Å². The van der Waals surface area contributed by atoms with Crippen LogP contribution >= 0.6 is 0 Å². The van der Waals surface area contributed by atoms with Crippen LogP contribution in [0.15, 0.2) is 23.8 Å². The highest BCUT2D eigenvalue weighted by Crippen LogP contribution is 2.15. The van der Waals surface area contributed by atoms with Crippen molar-refractivity contribution in [3.05, 3.63) is 23.8 Å². The molecule has 0 saturated carbocycles. The van der Waals surface area contributed by atoms with Crippen LogP contribution in [-0.4, -0.2) is 43.2 Å². The first-order valence-electron chi connectivity index (χ1n) is 5.27. The molecule has 1 amide bonds. The van der Waals surface area contributed by atoms with Crippen LogP contribution in [0.3, 0.4) is 0 Å². The van der Waals surface area contributed by atoms with Gasteiger partial charge >= 0.3 is 0 Å². The van der Waals surface area contributed by atoms with E-state index in [4.69, 9.17) is 10.5 Å². The fourth-order valence-electron chi connectivity index (χ4n) is 1.83. The number of nitrogens with zero attached hydrogens (tertiary/aromatic N) is 1. The standard InChI is InChI=1S/C11H16N2O2/c12-10-3-1-2-9(8-10)11(14)13-4-6-15-7-5-13/h1-3,10H,4-8,12H2. The van der Waals surface area contributed by atoms with Crippen molar-refractivity contribution < 1.29 is 9.53 Å². The van der Waals surface area contributed by atoms with Crippen LogP contribution in [0, 0.1) is 0 Å². The summed E-state index contributed by atoms with van der Waals surface area (Å²) in [6, 6.07) is -0.0185. The molecular weight excluding hydrogens is 192 g/mol. The zero-order chi connectivity index (χ0) is 10.7. The van der Waals surface area contributed by atoms with Crippen LogP contribution in [0.2, 0.25) is 0 Å². The second-order valence-electron chi connectivity index (χ2n) is 3.85. The SMILES string of the molecule is NC1C=CC=C(C(=O)N2CCOCC2)C1. The monoisotopic (exact) mass is 208 g/mol. The Morgan fingerprint density at radius 3 is 2.87 bits per heavy atom. The summed E-state index contributed by atoms with van der Waals surface area (Å²) in [5.41, 5.74) is 6.58. The maximum Gasteiger partial charge on any atom is 0.250 e. The van der Waals surface area contributed by atoms with Crippen molar-refractivity contribution in [1.82, 2.24) is 4.90 Å². The van der Waals surface area contributed by atoms with Crippen molar-refractivity contribution in [1.29, 1.82) is 0 Å². The predicted molar refractivity (Wildman–Crippen MR) is 57.2 cm³/mol. The molecule has 0 aromatic heterocycles. The summed E-state index contributed by atoms with van der Waals surface area (Å²) in [6.07, 6.45) is 6.28. The molecule has 0 bridgehead atoms. The summed E-state index contributed by atoms with van der Waals surface area (Å²) in [5, 5.41) is 0. The zero-order valence-corrected chi connectivity index (χ0v) is 8.69. The van der Waals surface area contributed by atoms with Gasteiger partial charge in [0, 0.05) is 24.7 Å². The van der Waals surface area contributed by atoms with Crippen LogP contribution in [-0.2, 0) is 9.53 Å². The normalized spacial score (nSPS) is 26.3. The summed E-state index contributed by atoms with van der Waals surface area (Å²) in [7, 11) is 0. The van der Waals surface area contributed by atoms with Crippen LogP contribution in [0.5, 0.6) is 0 Å². The van der Waals surface area contributed by atoms with Crippen molar-refractivity contribution in [3.8, 4) is 0 Å². The Balaban J connectivity index is 2.00. The van der Waals surface area contributed by atoms with Crippen molar-refractivity contribution in [2.75, 3.05) is 26.3 Å². The van der Waals surface area contributed by atoms with Gasteiger partial charge in [0.2, 0.25) is 5.91 Å². The van der Waals surface area contributed by atoms with Crippen molar-refractivity contribution in [2.45, 2.75) is 12.5 Å². The number of hydrogen-bond acceptors (Lipinski definition) is 3. The number of rotatable bonds is 1. The Labute approximate surface area is 89.4 Å². The lowest BCUT2D eigenvalue weighted by molar-refractivity contribution is -0.131. The molecular formula is C11H16N2O2. The number of carbonyl (C=O) groups is 1. The van der Waals surface area contributed by atoms with Gasteiger partial charge in [-0.1, -0.05) is 18.2 Å². The number of ether oxygens (including phenoxy) is 1. The Morgan fingerprint density at radius 1 is 1.47 bits per heavy atom. The van der Waals surface area contributed by atoms with Gasteiger partial charge in [-0.3, -0.25) is 4.79 Å². The Hall–Kier alpha value is -1.13. The second kappa shape index (κ2) is 4.59. The van der Waals surface area contributed by atoms with E-state index >= 15 is 0 Å². The highest BCUT2D eigenvalue weighted by molar-refractivity contribution is 5.94. The Kier molecular flexibility index (Phi) is 3.18. The van der Waals surface area contributed by atoms with E-state index in [2.05, 4.69) is 0 Å².